The first kappa shape index (κ1) is 29.3. The maximum Gasteiger partial charge on any atom is 0.407 e. The summed E-state index contributed by atoms with van der Waals surface area (Å²) < 4.78 is 5.85. The van der Waals surface area contributed by atoms with Crippen molar-refractivity contribution in [1.82, 2.24) is 15.5 Å². The number of likely N-dealkylation sites (tertiary alicyclic amines) is 1. The maximum atomic E-state index is 13.3. The molecule has 0 bridgehead atoms. The molecule has 3 aromatic rings. The molecule has 3 N–H and O–H groups in total. The van der Waals surface area contributed by atoms with E-state index >= 15 is 0 Å². The summed E-state index contributed by atoms with van der Waals surface area (Å²) in [6, 6.07) is 26.7. The second-order valence-electron chi connectivity index (χ2n) is 11.7. The molecular weight excluding hydrogens is 530 g/mol. The Kier molecular flexibility index (Phi) is 9.22. The molecule has 1 fully saturated rings. The molecule has 42 heavy (non-hydrogen) atoms. The number of nitrogens with zero attached hydrogens (tertiary/aromatic N) is 1. The largest absolute Gasteiger partial charge is 0.481 e. The van der Waals surface area contributed by atoms with Gasteiger partial charge in [0, 0.05) is 44.9 Å². The van der Waals surface area contributed by atoms with Gasteiger partial charge in [0.25, 0.3) is 0 Å². The van der Waals surface area contributed by atoms with E-state index in [4.69, 9.17) is 9.84 Å². The topological polar surface area (TPSA) is 108 Å². The van der Waals surface area contributed by atoms with Crippen LogP contribution in [-0.4, -0.2) is 59.8 Å². The van der Waals surface area contributed by atoms with Crippen molar-refractivity contribution < 1.29 is 24.2 Å². The number of benzene rings is 3. The molecule has 1 heterocycles. The van der Waals surface area contributed by atoms with Crippen molar-refractivity contribution in [2.75, 3.05) is 26.2 Å². The predicted molar refractivity (Wildman–Crippen MR) is 161 cm³/mol. The van der Waals surface area contributed by atoms with Gasteiger partial charge < -0.3 is 20.5 Å². The maximum absolute atomic E-state index is 13.3. The summed E-state index contributed by atoms with van der Waals surface area (Å²) in [5.41, 5.74) is 5.09. The van der Waals surface area contributed by atoms with Gasteiger partial charge in [0.1, 0.15) is 6.61 Å². The van der Waals surface area contributed by atoms with Crippen molar-refractivity contribution in [3.63, 3.8) is 0 Å². The fraction of sp³-hybridized carbons (Fsp3) is 0.382. The molecule has 220 valence electrons. The summed E-state index contributed by atoms with van der Waals surface area (Å²) in [7, 11) is 0. The highest BCUT2D eigenvalue weighted by molar-refractivity contribution is 5.80. The Bertz CT molecular complexity index is 1360. The Balaban J connectivity index is 1.23. The number of nitrogens with one attached hydrogen (secondary N) is 2. The Hall–Kier alpha value is -4.17. The molecule has 1 unspecified atom stereocenters. The number of carboxylic acids is 1. The molecule has 1 atom stereocenters. The number of piperidine rings is 1. The first-order valence-electron chi connectivity index (χ1n) is 14.7. The van der Waals surface area contributed by atoms with Gasteiger partial charge in [-0.05, 0) is 46.6 Å². The SMILES string of the molecule is CC(CNC(=O)CC1(NC(=O)OCC2c3ccccc3-c3ccccc32)CCN(Cc2ccccc2)CC1)CC(=O)O. The number of carbonyl (C=O) groups is 3. The lowest BCUT2D eigenvalue weighted by Gasteiger charge is -2.42. The van der Waals surface area contributed by atoms with Crippen molar-refractivity contribution in [2.45, 2.75) is 50.6 Å². The van der Waals surface area contributed by atoms with Gasteiger partial charge in [0.2, 0.25) is 5.91 Å². The van der Waals surface area contributed by atoms with Gasteiger partial charge in [-0.25, -0.2) is 4.79 Å². The van der Waals surface area contributed by atoms with Crippen molar-refractivity contribution >= 4 is 18.0 Å². The first-order chi connectivity index (χ1) is 20.3. The second kappa shape index (κ2) is 13.2. The van der Waals surface area contributed by atoms with Crippen LogP contribution in [0.5, 0.6) is 0 Å². The summed E-state index contributed by atoms with van der Waals surface area (Å²) in [6.07, 6.45) is 0.763. The van der Waals surface area contributed by atoms with Gasteiger partial charge in [-0.15, -0.1) is 0 Å². The summed E-state index contributed by atoms with van der Waals surface area (Å²) in [4.78, 5) is 39.7. The Morgan fingerprint density at radius 2 is 1.52 bits per heavy atom. The fourth-order valence-corrected chi connectivity index (χ4v) is 6.21. The van der Waals surface area contributed by atoms with Gasteiger partial charge in [-0.1, -0.05) is 85.8 Å². The number of carboxylic acid groups (broad SMARTS) is 1. The van der Waals surface area contributed by atoms with Gasteiger partial charge in [-0.2, -0.15) is 0 Å². The number of hydrogen-bond donors (Lipinski definition) is 3. The van der Waals surface area contributed by atoms with Gasteiger partial charge >= 0.3 is 12.1 Å². The monoisotopic (exact) mass is 569 g/mol. The average Bonchev–Trinajstić information content (AvgIpc) is 3.30. The van der Waals surface area contributed by atoms with E-state index in [0.29, 0.717) is 12.8 Å². The molecule has 0 aromatic heterocycles. The van der Waals surface area contributed by atoms with Crippen molar-refractivity contribution in [3.05, 3.63) is 95.6 Å². The molecule has 3 aromatic carbocycles. The van der Waals surface area contributed by atoms with E-state index in [1.54, 1.807) is 6.92 Å². The Labute approximate surface area is 247 Å². The van der Waals surface area contributed by atoms with E-state index in [2.05, 4.69) is 51.9 Å². The third kappa shape index (κ3) is 7.18. The van der Waals surface area contributed by atoms with Crippen molar-refractivity contribution in [1.29, 1.82) is 0 Å². The number of hydrogen-bond acceptors (Lipinski definition) is 5. The van der Waals surface area contributed by atoms with Crippen LogP contribution in [0.3, 0.4) is 0 Å². The lowest BCUT2D eigenvalue weighted by Crippen LogP contribution is -2.57. The van der Waals surface area contributed by atoms with E-state index in [0.717, 1.165) is 41.9 Å². The minimum absolute atomic E-state index is 0.0160. The Morgan fingerprint density at radius 3 is 2.14 bits per heavy atom. The lowest BCUT2D eigenvalue weighted by molar-refractivity contribution is -0.138. The van der Waals surface area contributed by atoms with Crippen LogP contribution in [0.1, 0.15) is 55.2 Å². The summed E-state index contributed by atoms with van der Waals surface area (Å²) in [6.45, 7) is 4.52. The van der Waals surface area contributed by atoms with E-state index in [1.807, 2.05) is 42.5 Å². The highest BCUT2D eigenvalue weighted by Crippen LogP contribution is 2.44. The van der Waals surface area contributed by atoms with Gasteiger partial charge in [-0.3, -0.25) is 14.5 Å². The molecule has 1 saturated heterocycles. The van der Waals surface area contributed by atoms with Crippen LogP contribution < -0.4 is 10.6 Å². The molecule has 2 aliphatic rings. The van der Waals surface area contributed by atoms with Gasteiger partial charge in [0.05, 0.1) is 5.54 Å². The summed E-state index contributed by atoms with van der Waals surface area (Å²) in [5.74, 6) is -1.34. The predicted octanol–water partition coefficient (Wildman–Crippen LogP) is 5.18. The van der Waals surface area contributed by atoms with E-state index in [-0.39, 0.29) is 43.7 Å². The van der Waals surface area contributed by atoms with E-state index in [1.165, 1.54) is 5.56 Å². The number of amides is 2. The first-order valence-corrected chi connectivity index (χ1v) is 14.7. The minimum atomic E-state index is -0.893. The van der Waals surface area contributed by atoms with E-state index in [9.17, 15) is 14.4 Å². The average molecular weight is 570 g/mol. The van der Waals surface area contributed by atoms with Crippen molar-refractivity contribution in [3.8, 4) is 11.1 Å². The molecule has 0 radical (unpaired) electrons. The van der Waals surface area contributed by atoms with Crippen LogP contribution in [0.4, 0.5) is 4.79 Å². The smallest absolute Gasteiger partial charge is 0.407 e. The highest BCUT2D eigenvalue weighted by atomic mass is 16.5. The molecule has 0 saturated carbocycles. The number of fused-ring (bicyclic) bond motifs is 3. The third-order valence-corrected chi connectivity index (χ3v) is 8.44. The van der Waals surface area contributed by atoms with Crippen LogP contribution >= 0.6 is 0 Å². The third-order valence-electron chi connectivity index (χ3n) is 8.44. The standard InChI is InChI=1S/C34H39N3O5/c1-24(19-32(39)40)21-35-31(38)20-34(15-17-37(18-16-34)22-25-9-3-2-4-10-25)36-33(41)42-23-30-28-13-7-5-11-26(28)27-12-6-8-14-29(27)30/h2-14,24,30H,15-23H2,1H3,(H,35,38)(H,36,41)(H,39,40). The number of ether oxygens (including phenoxy) is 1. The van der Waals surface area contributed by atoms with E-state index < -0.39 is 17.6 Å². The van der Waals surface area contributed by atoms with Crippen LogP contribution in [0.2, 0.25) is 0 Å². The molecule has 8 nitrogen and oxygen atoms in total. The summed E-state index contributed by atoms with van der Waals surface area (Å²) in [5, 5.41) is 15.0. The molecule has 5 rings (SSSR count). The number of alkyl carbamates (subject to hydrolysis) is 1. The lowest BCUT2D eigenvalue weighted by atomic mass is 9.83. The van der Waals surface area contributed by atoms with Crippen molar-refractivity contribution in [2.24, 2.45) is 5.92 Å². The fourth-order valence-electron chi connectivity index (χ4n) is 6.21. The number of aliphatic carboxylic acids is 1. The zero-order valence-corrected chi connectivity index (χ0v) is 24.1. The van der Waals surface area contributed by atoms with Crippen LogP contribution in [0.25, 0.3) is 11.1 Å². The zero-order valence-electron chi connectivity index (χ0n) is 24.1. The molecular formula is C34H39N3O5. The molecule has 8 heteroatoms. The normalized spacial score (nSPS) is 16.6. The number of carbonyl (C=O) groups excluding carboxylic acids is 2. The molecule has 2 amide bonds. The van der Waals surface area contributed by atoms with Gasteiger partial charge in [0.15, 0.2) is 0 Å². The number of rotatable bonds is 11. The highest BCUT2D eigenvalue weighted by Gasteiger charge is 2.39. The second-order valence-corrected chi connectivity index (χ2v) is 11.7. The molecule has 1 aliphatic heterocycles. The Morgan fingerprint density at radius 1 is 0.929 bits per heavy atom. The summed E-state index contributed by atoms with van der Waals surface area (Å²) >= 11 is 0. The zero-order chi connectivity index (χ0) is 29.5. The van der Waals surface area contributed by atoms with Crippen LogP contribution in [-0.2, 0) is 20.9 Å². The van der Waals surface area contributed by atoms with Crippen LogP contribution in [0.15, 0.2) is 78.9 Å². The van der Waals surface area contributed by atoms with Crippen LogP contribution in [0, 0.1) is 5.92 Å². The molecule has 0 spiro atoms. The quantitative estimate of drug-likeness (QED) is 0.294. The minimum Gasteiger partial charge on any atom is -0.481 e. The molecule has 1 aliphatic carbocycles.